The van der Waals surface area contributed by atoms with Crippen LogP contribution in [0.25, 0.3) is 0 Å². The van der Waals surface area contributed by atoms with Crippen LogP contribution in [0.15, 0.2) is 12.5 Å². The Balaban J connectivity index is 1.95. The van der Waals surface area contributed by atoms with Crippen molar-refractivity contribution in [2.45, 2.75) is 51.0 Å². The molecule has 0 saturated heterocycles. The van der Waals surface area contributed by atoms with E-state index in [1.807, 2.05) is 6.33 Å². The summed E-state index contributed by atoms with van der Waals surface area (Å²) in [5.74, 6) is 1.04. The summed E-state index contributed by atoms with van der Waals surface area (Å²) in [6.45, 7) is 2.08. The van der Waals surface area contributed by atoms with Crippen LogP contribution in [0.3, 0.4) is 0 Å². The van der Waals surface area contributed by atoms with Crippen LogP contribution in [0.4, 0.5) is 0 Å². The maximum Gasteiger partial charge on any atom is 0.0954 e. The van der Waals surface area contributed by atoms with Gasteiger partial charge < -0.3 is 4.57 Å². The number of fused-ring (bicyclic) bond motifs is 3. The Morgan fingerprint density at radius 2 is 1.93 bits per heavy atom. The van der Waals surface area contributed by atoms with Crippen molar-refractivity contribution in [1.82, 2.24) is 9.55 Å². The summed E-state index contributed by atoms with van der Waals surface area (Å²) in [7, 11) is 0. The largest absolute Gasteiger partial charge is 0.331 e. The maximum atomic E-state index is 4.37. The molecular weight excluding hydrogens is 172 g/mol. The molecule has 2 nitrogen and oxygen atoms in total. The van der Waals surface area contributed by atoms with Crippen molar-refractivity contribution in [3.8, 4) is 0 Å². The minimum atomic E-state index is 0.454. The summed E-state index contributed by atoms with van der Waals surface area (Å²) in [5, 5.41) is 0. The normalized spacial score (nSPS) is 36.2. The molecule has 2 heteroatoms. The zero-order valence-electron chi connectivity index (χ0n) is 8.87. The molecule has 14 heavy (non-hydrogen) atoms. The Labute approximate surface area is 85.3 Å². The van der Waals surface area contributed by atoms with Gasteiger partial charge in [-0.25, -0.2) is 4.98 Å². The highest BCUT2D eigenvalue weighted by atomic mass is 15.1. The monoisotopic (exact) mass is 190 g/mol. The molecule has 0 unspecified atom stereocenters. The van der Waals surface area contributed by atoms with E-state index in [4.69, 9.17) is 0 Å². The minimum absolute atomic E-state index is 0.454. The lowest BCUT2D eigenvalue weighted by molar-refractivity contribution is 0.0741. The fourth-order valence-corrected chi connectivity index (χ4v) is 3.29. The lowest BCUT2D eigenvalue weighted by atomic mass is 9.65. The van der Waals surface area contributed by atoms with E-state index in [-0.39, 0.29) is 0 Å². The topological polar surface area (TPSA) is 17.8 Å². The number of aromatic nitrogens is 2. The van der Waals surface area contributed by atoms with Gasteiger partial charge in [0.2, 0.25) is 0 Å². The number of nitrogens with zero attached hydrogens (tertiary/aromatic N) is 2. The first kappa shape index (κ1) is 8.51. The van der Waals surface area contributed by atoms with E-state index < -0.39 is 0 Å². The molecule has 4 rings (SSSR count). The molecule has 0 aliphatic heterocycles. The number of imidazole rings is 1. The van der Waals surface area contributed by atoms with Crippen molar-refractivity contribution >= 4 is 0 Å². The standard InChI is InChI=1S/C12H18N2/c1-10-8-14(9-13-10)12-5-2-11(3-6-12)4-7-12/h8-9,11H,2-7H2,1H3. The Morgan fingerprint density at radius 3 is 2.43 bits per heavy atom. The lowest BCUT2D eigenvalue weighted by Crippen LogP contribution is -2.42. The molecule has 1 aromatic rings. The van der Waals surface area contributed by atoms with Crippen LogP contribution in [0.1, 0.15) is 44.2 Å². The Morgan fingerprint density at radius 1 is 1.29 bits per heavy atom. The summed E-state index contributed by atoms with van der Waals surface area (Å²) in [4.78, 5) is 4.37. The molecule has 76 valence electrons. The highest BCUT2D eigenvalue weighted by Crippen LogP contribution is 2.48. The van der Waals surface area contributed by atoms with Gasteiger partial charge >= 0.3 is 0 Å². The highest BCUT2D eigenvalue weighted by Gasteiger charge is 2.41. The minimum Gasteiger partial charge on any atom is -0.331 e. The van der Waals surface area contributed by atoms with Crippen LogP contribution in [0.2, 0.25) is 0 Å². The zero-order valence-corrected chi connectivity index (χ0v) is 8.87. The van der Waals surface area contributed by atoms with Gasteiger partial charge in [0.05, 0.1) is 12.0 Å². The van der Waals surface area contributed by atoms with Crippen LogP contribution in [-0.4, -0.2) is 9.55 Å². The first-order chi connectivity index (χ1) is 6.78. The summed E-state index contributed by atoms with van der Waals surface area (Å²) >= 11 is 0. The van der Waals surface area contributed by atoms with E-state index in [1.165, 1.54) is 38.5 Å². The summed E-state index contributed by atoms with van der Waals surface area (Å²) in [5.41, 5.74) is 1.61. The maximum absolute atomic E-state index is 4.37. The first-order valence-corrected chi connectivity index (χ1v) is 5.80. The number of rotatable bonds is 1. The van der Waals surface area contributed by atoms with Crippen molar-refractivity contribution in [3.05, 3.63) is 18.2 Å². The van der Waals surface area contributed by atoms with E-state index >= 15 is 0 Å². The lowest BCUT2D eigenvalue weighted by Gasteiger charge is -2.47. The van der Waals surface area contributed by atoms with E-state index in [2.05, 4.69) is 22.7 Å². The van der Waals surface area contributed by atoms with Crippen LogP contribution < -0.4 is 0 Å². The average molecular weight is 190 g/mol. The highest BCUT2D eigenvalue weighted by molar-refractivity contribution is 5.03. The molecule has 3 fully saturated rings. The van der Waals surface area contributed by atoms with Crippen LogP contribution in [0, 0.1) is 12.8 Å². The quantitative estimate of drug-likeness (QED) is 0.666. The number of hydrogen-bond donors (Lipinski definition) is 0. The molecule has 0 spiro atoms. The van der Waals surface area contributed by atoms with Gasteiger partial charge in [0.1, 0.15) is 0 Å². The molecule has 1 aromatic heterocycles. The third kappa shape index (κ3) is 1.13. The zero-order chi connectivity index (χ0) is 9.60. The van der Waals surface area contributed by atoms with Crippen molar-refractivity contribution < 1.29 is 0 Å². The van der Waals surface area contributed by atoms with Crippen molar-refractivity contribution in [2.24, 2.45) is 5.92 Å². The second-order valence-corrected chi connectivity index (χ2v) is 5.13. The van der Waals surface area contributed by atoms with Gasteiger partial charge in [-0.1, -0.05) is 0 Å². The van der Waals surface area contributed by atoms with Crippen molar-refractivity contribution in [1.29, 1.82) is 0 Å². The Bertz CT molecular complexity index is 318. The average Bonchev–Trinajstić information content (AvgIpc) is 2.68. The molecule has 0 N–H and O–H groups in total. The third-order valence-corrected chi connectivity index (χ3v) is 4.31. The fourth-order valence-electron chi connectivity index (χ4n) is 3.29. The van der Waals surface area contributed by atoms with Crippen LogP contribution in [0.5, 0.6) is 0 Å². The van der Waals surface area contributed by atoms with E-state index in [1.54, 1.807) is 0 Å². The molecule has 0 atom stereocenters. The SMILES string of the molecule is Cc1cn(C23CCC(CC2)CC3)cn1. The van der Waals surface area contributed by atoms with Gasteiger partial charge in [0, 0.05) is 11.7 Å². The Kier molecular flexibility index (Phi) is 1.73. The van der Waals surface area contributed by atoms with Gasteiger partial charge in [-0.2, -0.15) is 0 Å². The Hall–Kier alpha value is -0.790. The van der Waals surface area contributed by atoms with Crippen LogP contribution in [-0.2, 0) is 5.54 Å². The van der Waals surface area contributed by atoms with Crippen molar-refractivity contribution in [3.63, 3.8) is 0 Å². The second kappa shape index (κ2) is 2.85. The first-order valence-electron chi connectivity index (χ1n) is 5.80. The fraction of sp³-hybridized carbons (Fsp3) is 0.750. The van der Waals surface area contributed by atoms with Gasteiger partial charge in [0.15, 0.2) is 0 Å². The van der Waals surface area contributed by atoms with Gasteiger partial charge in [-0.15, -0.1) is 0 Å². The molecule has 3 aliphatic carbocycles. The molecule has 0 radical (unpaired) electrons. The van der Waals surface area contributed by atoms with E-state index in [9.17, 15) is 0 Å². The third-order valence-electron chi connectivity index (χ3n) is 4.31. The second-order valence-electron chi connectivity index (χ2n) is 5.13. The van der Waals surface area contributed by atoms with Crippen molar-refractivity contribution in [2.75, 3.05) is 0 Å². The molecule has 3 aliphatic rings. The summed E-state index contributed by atoms with van der Waals surface area (Å²) in [6, 6.07) is 0. The smallest absolute Gasteiger partial charge is 0.0954 e. The summed E-state index contributed by atoms with van der Waals surface area (Å²) in [6.07, 6.45) is 12.7. The molecule has 2 bridgehead atoms. The van der Waals surface area contributed by atoms with Gasteiger partial charge in [0.25, 0.3) is 0 Å². The molecular formula is C12H18N2. The molecule has 0 aromatic carbocycles. The molecule has 0 amide bonds. The predicted molar refractivity (Wildman–Crippen MR) is 56.1 cm³/mol. The van der Waals surface area contributed by atoms with E-state index in [0.29, 0.717) is 5.54 Å². The molecule has 1 heterocycles. The predicted octanol–water partition coefficient (Wildman–Crippen LogP) is 2.87. The van der Waals surface area contributed by atoms with Crippen LogP contribution >= 0.6 is 0 Å². The summed E-state index contributed by atoms with van der Waals surface area (Å²) < 4.78 is 2.40. The number of hydrogen-bond acceptors (Lipinski definition) is 1. The van der Waals surface area contributed by atoms with Gasteiger partial charge in [-0.05, 0) is 51.4 Å². The van der Waals surface area contributed by atoms with Gasteiger partial charge in [-0.3, -0.25) is 0 Å². The number of aryl methyl sites for hydroxylation is 1. The molecule has 3 saturated carbocycles. The van der Waals surface area contributed by atoms with E-state index in [0.717, 1.165) is 11.6 Å².